The Labute approximate surface area is 138 Å². The highest BCUT2D eigenvalue weighted by Crippen LogP contribution is 2.31. The van der Waals surface area contributed by atoms with Crippen molar-refractivity contribution in [2.75, 3.05) is 14.2 Å². The molecule has 2 rings (SSSR count). The van der Waals surface area contributed by atoms with Gasteiger partial charge >= 0.3 is 5.97 Å². The second kappa shape index (κ2) is 8.14. The zero-order chi connectivity index (χ0) is 16.7. The first kappa shape index (κ1) is 16.8. The van der Waals surface area contributed by atoms with E-state index in [0.29, 0.717) is 22.8 Å². The highest BCUT2D eigenvalue weighted by Gasteiger charge is 2.14. The van der Waals surface area contributed by atoms with E-state index in [1.165, 1.54) is 32.9 Å². The van der Waals surface area contributed by atoms with E-state index in [0.717, 1.165) is 0 Å². The van der Waals surface area contributed by atoms with E-state index < -0.39 is 0 Å². The Bertz CT molecular complexity index is 719. The number of rotatable bonds is 6. The average Bonchev–Trinajstić information content (AvgIpc) is 2.55. The van der Waals surface area contributed by atoms with Gasteiger partial charge in [0.15, 0.2) is 0 Å². The number of esters is 1. The molecule has 0 saturated heterocycles. The summed E-state index contributed by atoms with van der Waals surface area (Å²) < 4.78 is 15.5. The van der Waals surface area contributed by atoms with E-state index in [9.17, 15) is 4.79 Å². The van der Waals surface area contributed by atoms with Crippen molar-refractivity contribution in [2.24, 2.45) is 0 Å². The van der Waals surface area contributed by atoms with Gasteiger partial charge < -0.3 is 14.2 Å². The molecule has 1 aromatic heterocycles. The van der Waals surface area contributed by atoms with Crippen LogP contribution in [0.1, 0.15) is 12.0 Å². The molecule has 0 aliphatic heterocycles. The number of ether oxygens (including phenoxy) is 3. The van der Waals surface area contributed by atoms with Gasteiger partial charge in [0, 0.05) is 17.2 Å². The zero-order valence-electron chi connectivity index (χ0n) is 12.7. The lowest BCUT2D eigenvalue weighted by atomic mass is 10.0. The smallest absolute Gasteiger partial charge is 0.310 e. The summed E-state index contributed by atoms with van der Waals surface area (Å²) in [6, 6.07) is 8.70. The molecule has 23 heavy (non-hydrogen) atoms. The van der Waals surface area contributed by atoms with E-state index >= 15 is 0 Å². The van der Waals surface area contributed by atoms with E-state index in [-0.39, 0.29) is 17.5 Å². The predicted octanol–water partition coefficient (Wildman–Crippen LogP) is 3.47. The minimum absolute atomic E-state index is 0.0508. The SMILES string of the molecule is CO/C=C(/CC(=O)OC)c1ccccc1Oc1cc(Cl)ncn1. The van der Waals surface area contributed by atoms with Crippen molar-refractivity contribution in [3.05, 3.63) is 53.6 Å². The Morgan fingerprint density at radius 2 is 2.04 bits per heavy atom. The highest BCUT2D eigenvalue weighted by molar-refractivity contribution is 6.29. The van der Waals surface area contributed by atoms with Crippen LogP contribution in [-0.2, 0) is 14.3 Å². The van der Waals surface area contributed by atoms with E-state index in [4.69, 9.17) is 25.8 Å². The largest absolute Gasteiger partial charge is 0.504 e. The lowest BCUT2D eigenvalue weighted by molar-refractivity contribution is -0.139. The van der Waals surface area contributed by atoms with Crippen LogP contribution in [0.2, 0.25) is 5.15 Å². The lowest BCUT2D eigenvalue weighted by Crippen LogP contribution is -2.03. The van der Waals surface area contributed by atoms with Crippen molar-refractivity contribution in [3.63, 3.8) is 0 Å². The van der Waals surface area contributed by atoms with Gasteiger partial charge in [-0.3, -0.25) is 4.79 Å². The van der Waals surface area contributed by atoms with Crippen LogP contribution in [0.15, 0.2) is 42.9 Å². The van der Waals surface area contributed by atoms with Crippen LogP contribution < -0.4 is 4.74 Å². The molecule has 0 saturated carbocycles. The first-order chi connectivity index (χ1) is 11.1. The van der Waals surface area contributed by atoms with Crippen molar-refractivity contribution < 1.29 is 19.0 Å². The predicted molar refractivity (Wildman–Crippen MR) is 85.2 cm³/mol. The Balaban J connectivity index is 2.35. The van der Waals surface area contributed by atoms with Gasteiger partial charge in [-0.1, -0.05) is 29.8 Å². The van der Waals surface area contributed by atoms with Crippen molar-refractivity contribution in [1.82, 2.24) is 9.97 Å². The lowest BCUT2D eigenvalue weighted by Gasteiger charge is -2.12. The molecule has 0 aliphatic rings. The van der Waals surface area contributed by atoms with Crippen LogP contribution in [0.3, 0.4) is 0 Å². The van der Waals surface area contributed by atoms with Crippen molar-refractivity contribution in [2.45, 2.75) is 6.42 Å². The van der Waals surface area contributed by atoms with Gasteiger partial charge in [-0.25, -0.2) is 9.97 Å². The van der Waals surface area contributed by atoms with Gasteiger partial charge in [0.1, 0.15) is 17.2 Å². The molecular formula is C16H15ClN2O4. The number of para-hydroxylation sites is 1. The van der Waals surface area contributed by atoms with Crippen LogP contribution in [0.25, 0.3) is 5.57 Å². The van der Waals surface area contributed by atoms with Crippen LogP contribution in [0, 0.1) is 0 Å². The molecule has 0 amide bonds. The van der Waals surface area contributed by atoms with Crippen molar-refractivity contribution in [1.29, 1.82) is 0 Å². The molecule has 1 aromatic carbocycles. The number of aromatic nitrogens is 2. The van der Waals surface area contributed by atoms with E-state index in [2.05, 4.69) is 9.97 Å². The molecule has 0 atom stereocenters. The number of halogens is 1. The molecule has 0 N–H and O–H groups in total. The molecule has 6 nitrogen and oxygen atoms in total. The Hall–Kier alpha value is -2.60. The van der Waals surface area contributed by atoms with E-state index in [1.54, 1.807) is 6.07 Å². The molecule has 7 heteroatoms. The number of carbonyl (C=O) groups is 1. The second-order valence-electron chi connectivity index (χ2n) is 4.41. The third-order valence-electron chi connectivity index (χ3n) is 2.88. The molecule has 0 aliphatic carbocycles. The van der Waals surface area contributed by atoms with Gasteiger partial charge in [-0.2, -0.15) is 0 Å². The van der Waals surface area contributed by atoms with Gasteiger partial charge in [0.2, 0.25) is 5.88 Å². The maximum absolute atomic E-state index is 11.6. The second-order valence-corrected chi connectivity index (χ2v) is 4.80. The van der Waals surface area contributed by atoms with Crippen molar-refractivity contribution in [3.8, 4) is 11.6 Å². The summed E-state index contributed by atoms with van der Waals surface area (Å²) in [4.78, 5) is 19.4. The summed E-state index contributed by atoms with van der Waals surface area (Å²) in [5.74, 6) is 0.426. The van der Waals surface area contributed by atoms with Gasteiger partial charge in [0.05, 0.1) is 26.9 Å². The van der Waals surface area contributed by atoms with Gasteiger partial charge in [-0.15, -0.1) is 0 Å². The molecule has 0 spiro atoms. The number of benzene rings is 1. The number of hydrogen-bond acceptors (Lipinski definition) is 6. The van der Waals surface area contributed by atoms with Crippen LogP contribution in [-0.4, -0.2) is 30.2 Å². The number of methoxy groups -OCH3 is 2. The van der Waals surface area contributed by atoms with Gasteiger partial charge in [0.25, 0.3) is 0 Å². The summed E-state index contributed by atoms with van der Waals surface area (Å²) in [7, 11) is 2.84. The molecule has 0 fully saturated rings. The molecule has 2 aromatic rings. The number of nitrogens with zero attached hydrogens (tertiary/aromatic N) is 2. The molecule has 1 heterocycles. The maximum atomic E-state index is 11.6. The van der Waals surface area contributed by atoms with Crippen molar-refractivity contribution >= 4 is 23.1 Å². The summed E-state index contributed by atoms with van der Waals surface area (Å²) >= 11 is 5.83. The van der Waals surface area contributed by atoms with Crippen LogP contribution in [0.4, 0.5) is 0 Å². The molecule has 0 unspecified atom stereocenters. The maximum Gasteiger partial charge on any atom is 0.310 e. The quantitative estimate of drug-likeness (QED) is 0.457. The third-order valence-corrected chi connectivity index (χ3v) is 3.09. The minimum Gasteiger partial charge on any atom is -0.504 e. The number of hydrogen-bond donors (Lipinski definition) is 0. The molecule has 120 valence electrons. The summed E-state index contributed by atoms with van der Waals surface area (Å²) in [6.45, 7) is 0. The standard InChI is InChI=1S/C16H15ClN2O4/c1-21-9-11(7-16(20)22-2)12-5-3-4-6-13(12)23-15-8-14(17)18-10-19-15/h3-6,8-10H,7H2,1-2H3/b11-9-. The third kappa shape index (κ3) is 4.69. The highest BCUT2D eigenvalue weighted by atomic mass is 35.5. The molecular weight excluding hydrogens is 320 g/mol. The van der Waals surface area contributed by atoms with E-state index in [1.807, 2.05) is 18.2 Å². The Morgan fingerprint density at radius 3 is 2.74 bits per heavy atom. The fourth-order valence-electron chi connectivity index (χ4n) is 1.88. The first-order valence-electron chi connectivity index (χ1n) is 6.67. The Morgan fingerprint density at radius 1 is 1.26 bits per heavy atom. The first-order valence-corrected chi connectivity index (χ1v) is 7.05. The van der Waals surface area contributed by atoms with Crippen LogP contribution in [0.5, 0.6) is 11.6 Å². The normalized spacial score (nSPS) is 11.0. The summed E-state index contributed by atoms with van der Waals surface area (Å²) in [6.07, 6.45) is 2.84. The summed E-state index contributed by atoms with van der Waals surface area (Å²) in [5, 5.41) is 0.273. The van der Waals surface area contributed by atoms with Crippen LogP contribution >= 0.6 is 11.6 Å². The minimum atomic E-state index is -0.381. The fourth-order valence-corrected chi connectivity index (χ4v) is 2.01. The number of carbonyl (C=O) groups excluding carboxylic acids is 1. The summed E-state index contributed by atoms with van der Waals surface area (Å²) in [5.41, 5.74) is 1.31. The fraction of sp³-hybridized carbons (Fsp3) is 0.188. The molecule has 0 bridgehead atoms. The Kier molecular flexibility index (Phi) is 5.94. The average molecular weight is 335 g/mol. The zero-order valence-corrected chi connectivity index (χ0v) is 13.4. The van der Waals surface area contributed by atoms with Gasteiger partial charge in [-0.05, 0) is 6.07 Å². The monoisotopic (exact) mass is 334 g/mol. The molecule has 0 radical (unpaired) electrons. The topological polar surface area (TPSA) is 70.5 Å².